The average Bonchev–Trinajstić information content (AvgIpc) is 3.43. The summed E-state index contributed by atoms with van der Waals surface area (Å²) in [4.78, 5) is 23.0. The van der Waals surface area contributed by atoms with Crippen LogP contribution in [0.25, 0.3) is 11.5 Å². The molecule has 1 fully saturated rings. The van der Waals surface area contributed by atoms with Gasteiger partial charge in [0.05, 0.1) is 0 Å². The van der Waals surface area contributed by atoms with Gasteiger partial charge in [-0.3, -0.25) is 9.13 Å². The molecule has 1 atom stereocenters. The van der Waals surface area contributed by atoms with E-state index in [0.717, 1.165) is 59.4 Å². The summed E-state index contributed by atoms with van der Waals surface area (Å²) >= 11 is 6.15. The van der Waals surface area contributed by atoms with E-state index in [1.165, 1.54) is 12.8 Å². The van der Waals surface area contributed by atoms with E-state index in [-0.39, 0.29) is 11.7 Å². The molecule has 0 spiro atoms. The number of nitrogens with zero attached hydrogens (tertiary/aromatic N) is 4. The molecule has 0 aromatic heterocycles. The highest BCUT2D eigenvalue weighted by molar-refractivity contribution is 6.30. The van der Waals surface area contributed by atoms with Crippen LogP contribution in [-0.2, 0) is 19.5 Å². The normalized spacial score (nSPS) is 19.0. The fourth-order valence-electron chi connectivity index (χ4n) is 4.79. The van der Waals surface area contributed by atoms with Crippen molar-refractivity contribution < 1.29 is 0 Å². The summed E-state index contributed by atoms with van der Waals surface area (Å²) in [5.74, 6) is 2.90. The quantitative estimate of drug-likeness (QED) is 0.679. The standard InChI is InChI=1S/C22H26ClN5O/c1-2-10-27-21-18(25-19(26-21)15-7-3-4-8-15)20-24-17(13-28(20)22(27)29)12-14-6-5-9-16(23)11-14/h5-6,9,11,15,17,24H,2-4,7-8,10,12-13H2,1H3. The van der Waals surface area contributed by atoms with Gasteiger partial charge in [-0.05, 0) is 43.4 Å². The van der Waals surface area contributed by atoms with E-state index in [2.05, 4.69) is 18.3 Å². The van der Waals surface area contributed by atoms with E-state index in [1.54, 1.807) is 0 Å². The maximum Gasteiger partial charge on any atom is 0.331 e. The van der Waals surface area contributed by atoms with Gasteiger partial charge in [0, 0.05) is 30.1 Å². The predicted molar refractivity (Wildman–Crippen MR) is 115 cm³/mol. The van der Waals surface area contributed by atoms with Crippen molar-refractivity contribution in [1.29, 1.82) is 0 Å². The van der Waals surface area contributed by atoms with Crippen LogP contribution in [0.4, 0.5) is 5.82 Å². The Bertz CT molecular complexity index is 1070. The van der Waals surface area contributed by atoms with Gasteiger partial charge in [-0.1, -0.05) is 43.5 Å². The van der Waals surface area contributed by atoms with Crippen molar-refractivity contribution in [2.24, 2.45) is 0 Å². The van der Waals surface area contributed by atoms with Gasteiger partial charge in [0.15, 0.2) is 5.82 Å². The van der Waals surface area contributed by atoms with E-state index >= 15 is 0 Å². The molecule has 3 aliphatic heterocycles. The van der Waals surface area contributed by atoms with Crippen molar-refractivity contribution in [2.45, 2.75) is 70.5 Å². The van der Waals surface area contributed by atoms with Crippen molar-refractivity contribution in [3.63, 3.8) is 0 Å². The molecule has 1 unspecified atom stereocenters. The minimum atomic E-state index is 0.00770. The third kappa shape index (κ3) is 3.33. The fourth-order valence-corrected chi connectivity index (χ4v) is 5.00. The molecule has 0 saturated heterocycles. The summed E-state index contributed by atoms with van der Waals surface area (Å²) in [5, 5.41) is 4.30. The zero-order valence-corrected chi connectivity index (χ0v) is 17.5. The van der Waals surface area contributed by atoms with Crippen molar-refractivity contribution in [3.8, 4) is 11.5 Å². The van der Waals surface area contributed by atoms with Gasteiger partial charge in [0.1, 0.15) is 17.3 Å². The third-order valence-electron chi connectivity index (χ3n) is 6.15. The van der Waals surface area contributed by atoms with Crippen LogP contribution in [0.1, 0.15) is 56.3 Å². The zero-order valence-electron chi connectivity index (χ0n) is 16.7. The van der Waals surface area contributed by atoms with E-state index in [1.807, 2.05) is 27.3 Å². The molecular formula is C22H26ClN5O. The Morgan fingerprint density at radius 1 is 1.24 bits per heavy atom. The molecule has 3 heterocycles. The van der Waals surface area contributed by atoms with Gasteiger partial charge in [0.2, 0.25) is 0 Å². The Labute approximate surface area is 175 Å². The van der Waals surface area contributed by atoms with Crippen LogP contribution in [0.5, 0.6) is 0 Å². The molecular weight excluding hydrogens is 386 g/mol. The third-order valence-corrected chi connectivity index (χ3v) is 6.39. The Balaban J connectivity index is 1.53. The second kappa shape index (κ2) is 7.48. The van der Waals surface area contributed by atoms with Crippen molar-refractivity contribution in [3.05, 3.63) is 51.2 Å². The monoisotopic (exact) mass is 411 g/mol. The lowest BCUT2D eigenvalue weighted by Crippen LogP contribution is -2.32. The summed E-state index contributed by atoms with van der Waals surface area (Å²) in [6.45, 7) is 3.38. The molecule has 6 nitrogen and oxygen atoms in total. The van der Waals surface area contributed by atoms with Gasteiger partial charge in [-0.25, -0.2) is 14.8 Å². The van der Waals surface area contributed by atoms with Crippen LogP contribution in [-0.4, -0.2) is 25.1 Å². The van der Waals surface area contributed by atoms with Gasteiger partial charge < -0.3 is 5.32 Å². The molecule has 7 heteroatoms. The van der Waals surface area contributed by atoms with Crippen LogP contribution in [0.3, 0.4) is 0 Å². The van der Waals surface area contributed by atoms with Gasteiger partial charge >= 0.3 is 5.69 Å². The molecule has 1 aromatic rings. The number of halogens is 1. The predicted octanol–water partition coefficient (Wildman–Crippen LogP) is 4.30. The second-order valence-corrected chi connectivity index (χ2v) is 8.74. The van der Waals surface area contributed by atoms with Crippen LogP contribution in [0.2, 0.25) is 5.02 Å². The lowest BCUT2D eigenvalue weighted by molar-refractivity contribution is 0.560. The lowest BCUT2D eigenvalue weighted by atomic mass is 10.1. The van der Waals surface area contributed by atoms with Gasteiger partial charge in [0.25, 0.3) is 0 Å². The van der Waals surface area contributed by atoms with E-state index in [0.29, 0.717) is 19.0 Å². The van der Waals surface area contributed by atoms with Crippen molar-refractivity contribution in [1.82, 2.24) is 19.1 Å². The average molecular weight is 412 g/mol. The van der Waals surface area contributed by atoms with Crippen molar-refractivity contribution >= 4 is 17.4 Å². The first kappa shape index (κ1) is 18.7. The highest BCUT2D eigenvalue weighted by Gasteiger charge is 2.33. The van der Waals surface area contributed by atoms with Crippen LogP contribution in [0, 0.1) is 0 Å². The number of aromatic nitrogens is 4. The topological polar surface area (TPSA) is 64.7 Å². The summed E-state index contributed by atoms with van der Waals surface area (Å²) in [5.41, 5.74) is 2.01. The molecule has 1 saturated carbocycles. The summed E-state index contributed by atoms with van der Waals surface area (Å²) < 4.78 is 3.66. The number of nitrogens with one attached hydrogen (secondary N) is 1. The Morgan fingerprint density at radius 3 is 2.83 bits per heavy atom. The molecule has 1 aromatic carbocycles. The van der Waals surface area contributed by atoms with Crippen molar-refractivity contribution in [2.75, 3.05) is 5.32 Å². The summed E-state index contributed by atoms with van der Waals surface area (Å²) in [6.07, 6.45) is 6.47. The molecule has 29 heavy (non-hydrogen) atoms. The lowest BCUT2D eigenvalue weighted by Gasteiger charge is -2.13. The Hall–Kier alpha value is -2.34. The first-order chi connectivity index (χ1) is 14.1. The Kier molecular flexibility index (Phi) is 4.82. The molecule has 1 N–H and O–H groups in total. The number of rotatable bonds is 5. The molecule has 0 bridgehead atoms. The molecule has 0 amide bonds. The van der Waals surface area contributed by atoms with Crippen LogP contribution >= 0.6 is 11.6 Å². The number of hydrogen-bond acceptors (Lipinski definition) is 4. The number of anilines is 1. The second-order valence-electron chi connectivity index (χ2n) is 8.30. The molecule has 5 rings (SSSR count). The maximum atomic E-state index is 13.2. The van der Waals surface area contributed by atoms with E-state index in [9.17, 15) is 4.79 Å². The van der Waals surface area contributed by atoms with E-state index < -0.39 is 0 Å². The molecule has 1 aliphatic carbocycles. The van der Waals surface area contributed by atoms with E-state index in [4.69, 9.17) is 21.6 Å². The number of imidazole rings is 1. The summed E-state index contributed by atoms with van der Waals surface area (Å²) in [7, 11) is 0. The molecule has 4 aliphatic rings. The fraction of sp³-hybridized carbons (Fsp3) is 0.500. The smallest absolute Gasteiger partial charge is 0.331 e. The SMILES string of the molecule is CCCn1c2nc(C3CCCC3)nc-2c2n(c1=O)CC(Cc1cccc(Cl)c1)N2. The minimum Gasteiger partial charge on any atom is -0.365 e. The first-order valence-electron chi connectivity index (χ1n) is 10.7. The Morgan fingerprint density at radius 2 is 2.07 bits per heavy atom. The highest BCUT2D eigenvalue weighted by Crippen LogP contribution is 2.37. The highest BCUT2D eigenvalue weighted by atomic mass is 35.5. The maximum absolute atomic E-state index is 13.2. The first-order valence-corrected chi connectivity index (χ1v) is 11.0. The van der Waals surface area contributed by atoms with Gasteiger partial charge in [-0.2, -0.15) is 0 Å². The summed E-state index contributed by atoms with van der Waals surface area (Å²) in [6, 6.07) is 8.05. The minimum absolute atomic E-state index is 0.00770. The van der Waals surface area contributed by atoms with Crippen LogP contribution in [0.15, 0.2) is 29.1 Å². The van der Waals surface area contributed by atoms with Gasteiger partial charge in [-0.15, -0.1) is 0 Å². The number of benzene rings is 1. The zero-order chi connectivity index (χ0) is 20.0. The largest absolute Gasteiger partial charge is 0.365 e. The molecule has 0 radical (unpaired) electrons. The van der Waals surface area contributed by atoms with Crippen LogP contribution < -0.4 is 11.0 Å². The molecule has 152 valence electrons. The number of fused-ring (bicyclic) bond motifs is 3. The number of hydrogen-bond donors (Lipinski definition) is 1.